The Kier molecular flexibility index (Phi) is 11.1. The van der Waals surface area contributed by atoms with Gasteiger partial charge in [0.15, 0.2) is 0 Å². The van der Waals surface area contributed by atoms with E-state index in [1.54, 1.807) is 19.2 Å². The first-order valence-corrected chi connectivity index (χ1v) is 15.2. The highest BCUT2D eigenvalue weighted by molar-refractivity contribution is 6.33. The van der Waals surface area contributed by atoms with Gasteiger partial charge < -0.3 is 30.5 Å². The van der Waals surface area contributed by atoms with Gasteiger partial charge in [-0.15, -0.1) is 0 Å². The molecule has 1 aliphatic heterocycles. The molecule has 2 amide bonds. The molecule has 1 heterocycles. The van der Waals surface area contributed by atoms with Gasteiger partial charge in [0.25, 0.3) is 5.91 Å². The van der Waals surface area contributed by atoms with E-state index >= 15 is 0 Å². The summed E-state index contributed by atoms with van der Waals surface area (Å²) in [5.41, 5.74) is 9.44. The van der Waals surface area contributed by atoms with Crippen LogP contribution in [0.1, 0.15) is 59.7 Å². The van der Waals surface area contributed by atoms with Gasteiger partial charge in [0.1, 0.15) is 5.75 Å². The number of nitrogens with two attached hydrogens (primary N) is 1. The Hall–Kier alpha value is -3.59. The Morgan fingerprint density at radius 1 is 1.14 bits per heavy atom. The summed E-state index contributed by atoms with van der Waals surface area (Å²) in [7, 11) is 2.88. The van der Waals surface area contributed by atoms with E-state index in [0.717, 1.165) is 41.5 Å². The topological polar surface area (TPSA) is 114 Å². The molecule has 4 rings (SSSR count). The lowest BCUT2D eigenvalue weighted by Gasteiger charge is -2.44. The fraction of sp³-hybridized carbons (Fsp3) is 0.412. The SMILES string of the molecule is CCc1cccc(-c2c(Cl)cccc2[C@](O)(CCCNC(=O)OC)[C@@H]2CCCN(C(=O)c3ccc(CN)c(OC)c3)C2)c1. The van der Waals surface area contributed by atoms with Crippen molar-refractivity contribution in [3.8, 4) is 16.9 Å². The Balaban J connectivity index is 1.71. The monoisotopic (exact) mass is 607 g/mol. The minimum atomic E-state index is -1.33. The van der Waals surface area contributed by atoms with E-state index in [9.17, 15) is 14.7 Å². The molecule has 0 radical (unpaired) electrons. The molecule has 9 heteroatoms. The van der Waals surface area contributed by atoms with Crippen molar-refractivity contribution >= 4 is 23.6 Å². The van der Waals surface area contributed by atoms with Crippen LogP contribution in [-0.2, 0) is 23.3 Å². The van der Waals surface area contributed by atoms with Crippen molar-refractivity contribution in [3.63, 3.8) is 0 Å². The van der Waals surface area contributed by atoms with Crippen LogP contribution in [0.2, 0.25) is 5.02 Å². The number of benzene rings is 3. The number of aryl methyl sites for hydroxylation is 1. The van der Waals surface area contributed by atoms with Crippen LogP contribution in [-0.4, -0.2) is 55.9 Å². The van der Waals surface area contributed by atoms with Crippen LogP contribution in [0.4, 0.5) is 4.79 Å². The van der Waals surface area contributed by atoms with Crippen molar-refractivity contribution in [2.75, 3.05) is 33.9 Å². The summed E-state index contributed by atoms with van der Waals surface area (Å²) in [6, 6.07) is 19.2. The second kappa shape index (κ2) is 14.7. The van der Waals surface area contributed by atoms with Crippen LogP contribution < -0.4 is 15.8 Å². The molecule has 0 unspecified atom stereocenters. The predicted octanol–water partition coefficient (Wildman–Crippen LogP) is 5.91. The summed E-state index contributed by atoms with van der Waals surface area (Å²) in [5.74, 6) is 0.178. The van der Waals surface area contributed by atoms with Gasteiger partial charge >= 0.3 is 6.09 Å². The summed E-state index contributed by atoms with van der Waals surface area (Å²) in [5, 5.41) is 16.0. The molecule has 230 valence electrons. The van der Waals surface area contributed by atoms with Gasteiger partial charge in [0.2, 0.25) is 0 Å². The van der Waals surface area contributed by atoms with Crippen molar-refractivity contribution in [3.05, 3.63) is 87.9 Å². The third-order valence-corrected chi connectivity index (χ3v) is 8.75. The third kappa shape index (κ3) is 7.32. The van der Waals surface area contributed by atoms with Crippen LogP contribution in [0, 0.1) is 5.92 Å². The molecule has 0 aromatic heterocycles. The number of alkyl carbamates (subject to hydrolysis) is 1. The van der Waals surface area contributed by atoms with E-state index < -0.39 is 11.7 Å². The van der Waals surface area contributed by atoms with E-state index in [1.165, 1.54) is 12.7 Å². The van der Waals surface area contributed by atoms with E-state index in [2.05, 4.69) is 24.4 Å². The molecule has 0 aliphatic carbocycles. The highest BCUT2D eigenvalue weighted by Gasteiger charge is 2.43. The van der Waals surface area contributed by atoms with Crippen LogP contribution in [0.25, 0.3) is 11.1 Å². The fourth-order valence-electron chi connectivity index (χ4n) is 6.08. The number of hydrogen-bond acceptors (Lipinski definition) is 6. The maximum absolute atomic E-state index is 13.7. The molecule has 0 bridgehead atoms. The molecular weight excluding hydrogens is 566 g/mol. The molecule has 3 aromatic carbocycles. The molecule has 1 aliphatic rings. The summed E-state index contributed by atoms with van der Waals surface area (Å²) >= 11 is 6.87. The first-order valence-electron chi connectivity index (χ1n) is 14.8. The molecule has 0 spiro atoms. The van der Waals surface area contributed by atoms with E-state index in [0.29, 0.717) is 55.4 Å². The Morgan fingerprint density at radius 2 is 1.93 bits per heavy atom. The third-order valence-electron chi connectivity index (χ3n) is 8.43. The lowest BCUT2D eigenvalue weighted by atomic mass is 9.72. The highest BCUT2D eigenvalue weighted by Crippen LogP contribution is 2.46. The molecule has 3 aromatic rings. The molecule has 2 atom stereocenters. The van der Waals surface area contributed by atoms with Gasteiger partial charge in [0.05, 0.1) is 19.8 Å². The number of nitrogens with one attached hydrogen (secondary N) is 1. The Bertz CT molecular complexity index is 1430. The van der Waals surface area contributed by atoms with Crippen molar-refractivity contribution < 1.29 is 24.2 Å². The summed E-state index contributed by atoms with van der Waals surface area (Å²) in [4.78, 5) is 27.3. The minimum Gasteiger partial charge on any atom is -0.496 e. The average Bonchev–Trinajstić information content (AvgIpc) is 3.05. The normalized spacial score (nSPS) is 16.3. The number of hydrogen-bond donors (Lipinski definition) is 3. The number of carbonyl (C=O) groups is 2. The number of ether oxygens (including phenoxy) is 2. The second-order valence-electron chi connectivity index (χ2n) is 11.0. The zero-order valence-electron chi connectivity index (χ0n) is 25.2. The lowest BCUT2D eigenvalue weighted by molar-refractivity contribution is -0.0563. The summed E-state index contributed by atoms with van der Waals surface area (Å²) in [6.07, 6.45) is 2.65. The number of amides is 2. The van der Waals surface area contributed by atoms with Crippen molar-refractivity contribution in [2.45, 2.75) is 51.2 Å². The van der Waals surface area contributed by atoms with Gasteiger partial charge in [-0.2, -0.15) is 0 Å². The van der Waals surface area contributed by atoms with Gasteiger partial charge in [0, 0.05) is 53.8 Å². The number of methoxy groups -OCH3 is 2. The Labute approximate surface area is 259 Å². The standard InChI is InChI=1S/C34H42ClN3O5/c1-4-23-9-5-10-24(19-23)31-28(12-6-13-29(31)35)34(41,16-8-17-37-33(40)43-3)27-11-7-18-38(22-27)32(39)25-14-15-26(21-36)30(20-25)42-2/h5-6,9-10,12-15,19-20,27,41H,4,7-8,11,16-18,21-22,36H2,1-3H3,(H,37,40)/t27-,34+/m1/s1. The van der Waals surface area contributed by atoms with Crippen LogP contribution in [0.5, 0.6) is 5.75 Å². The molecule has 8 nitrogen and oxygen atoms in total. The van der Waals surface area contributed by atoms with Gasteiger partial charge in [-0.05, 0) is 67.0 Å². The maximum atomic E-state index is 13.7. The second-order valence-corrected chi connectivity index (χ2v) is 11.4. The number of likely N-dealkylation sites (tertiary alicyclic amines) is 1. The van der Waals surface area contributed by atoms with Crippen LogP contribution in [0.3, 0.4) is 0 Å². The zero-order valence-corrected chi connectivity index (χ0v) is 26.0. The number of rotatable bonds is 11. The number of halogens is 1. The van der Waals surface area contributed by atoms with Crippen LogP contribution >= 0.6 is 11.6 Å². The quantitative estimate of drug-likeness (QED) is 0.233. The fourth-order valence-corrected chi connectivity index (χ4v) is 6.37. The number of nitrogens with zero attached hydrogens (tertiary/aromatic N) is 1. The summed E-state index contributed by atoms with van der Waals surface area (Å²) in [6.45, 7) is 3.69. The minimum absolute atomic E-state index is 0.122. The van der Waals surface area contributed by atoms with Gasteiger partial charge in [-0.25, -0.2) is 4.79 Å². The molecule has 4 N–H and O–H groups in total. The summed E-state index contributed by atoms with van der Waals surface area (Å²) < 4.78 is 10.2. The van der Waals surface area contributed by atoms with Crippen molar-refractivity contribution in [1.82, 2.24) is 10.2 Å². The zero-order chi connectivity index (χ0) is 31.0. The number of piperidine rings is 1. The average molecular weight is 608 g/mol. The Morgan fingerprint density at radius 3 is 2.65 bits per heavy atom. The van der Waals surface area contributed by atoms with Crippen molar-refractivity contribution in [1.29, 1.82) is 0 Å². The largest absolute Gasteiger partial charge is 0.496 e. The highest BCUT2D eigenvalue weighted by atomic mass is 35.5. The van der Waals surface area contributed by atoms with E-state index in [1.807, 2.05) is 41.3 Å². The van der Waals surface area contributed by atoms with Crippen molar-refractivity contribution in [2.24, 2.45) is 11.7 Å². The predicted molar refractivity (Wildman–Crippen MR) is 169 cm³/mol. The lowest BCUT2D eigenvalue weighted by Crippen LogP contribution is -2.48. The first-order chi connectivity index (χ1) is 20.7. The number of carbonyl (C=O) groups excluding carboxylic acids is 2. The molecular formula is C34H42ClN3O5. The molecule has 0 saturated carbocycles. The van der Waals surface area contributed by atoms with Crippen LogP contribution in [0.15, 0.2) is 60.7 Å². The smallest absolute Gasteiger partial charge is 0.406 e. The van der Waals surface area contributed by atoms with E-state index in [4.69, 9.17) is 26.8 Å². The molecule has 1 fully saturated rings. The molecule has 43 heavy (non-hydrogen) atoms. The maximum Gasteiger partial charge on any atom is 0.406 e. The van der Waals surface area contributed by atoms with Gasteiger partial charge in [-0.1, -0.05) is 61.0 Å². The van der Waals surface area contributed by atoms with Gasteiger partial charge in [-0.3, -0.25) is 4.79 Å². The first kappa shape index (κ1) is 32.3. The van der Waals surface area contributed by atoms with E-state index in [-0.39, 0.29) is 11.8 Å². The molecule has 1 saturated heterocycles. The number of aliphatic hydroxyl groups is 1.